The van der Waals surface area contributed by atoms with Gasteiger partial charge in [0.15, 0.2) is 5.78 Å². The van der Waals surface area contributed by atoms with Crippen molar-refractivity contribution < 1.29 is 23.5 Å². The van der Waals surface area contributed by atoms with Gasteiger partial charge in [-0.2, -0.15) is 0 Å². The van der Waals surface area contributed by atoms with E-state index in [2.05, 4.69) is 0 Å². The molecule has 0 spiro atoms. The number of ketones is 1. The number of benzene rings is 2. The summed E-state index contributed by atoms with van der Waals surface area (Å²) in [6.07, 6.45) is 0.670. The predicted octanol–water partition coefficient (Wildman–Crippen LogP) is 4.06. The monoisotopic (exact) mass is 379 g/mol. The van der Waals surface area contributed by atoms with Crippen molar-refractivity contribution in [2.75, 3.05) is 13.1 Å². The third-order valence-corrected chi connectivity index (χ3v) is 4.77. The van der Waals surface area contributed by atoms with Crippen molar-refractivity contribution in [3.63, 3.8) is 0 Å². The van der Waals surface area contributed by atoms with Crippen molar-refractivity contribution in [3.8, 4) is 5.75 Å². The number of phenols is 1. The molecule has 136 valence electrons. The maximum absolute atomic E-state index is 13.8. The Morgan fingerprint density at radius 1 is 1.04 bits per heavy atom. The number of carbonyl (C=O) groups is 2. The minimum absolute atomic E-state index is 0.0958. The molecular weight excluding hydrogens is 364 g/mol. The number of rotatable bonds is 3. The summed E-state index contributed by atoms with van der Waals surface area (Å²) in [6, 6.07) is 7.01. The first-order valence-corrected chi connectivity index (χ1v) is 8.51. The van der Waals surface area contributed by atoms with Gasteiger partial charge in [-0.1, -0.05) is 11.6 Å². The number of likely N-dealkylation sites (tertiary alicyclic amines) is 1. The van der Waals surface area contributed by atoms with Crippen LogP contribution < -0.4 is 0 Å². The Bertz CT molecular complexity index is 792. The number of amides is 1. The van der Waals surface area contributed by atoms with Crippen LogP contribution in [0.5, 0.6) is 5.75 Å². The van der Waals surface area contributed by atoms with Gasteiger partial charge in [-0.25, -0.2) is 8.78 Å². The lowest BCUT2D eigenvalue weighted by molar-refractivity contribution is 0.0646. The molecule has 1 aliphatic heterocycles. The number of Topliss-reactive ketones (excluding diaryl/α,β-unsaturated/α-hetero) is 1. The predicted molar refractivity (Wildman–Crippen MR) is 92.4 cm³/mol. The average molecular weight is 380 g/mol. The van der Waals surface area contributed by atoms with Crippen molar-refractivity contribution in [2.24, 2.45) is 5.92 Å². The van der Waals surface area contributed by atoms with E-state index in [0.717, 1.165) is 18.2 Å². The maximum atomic E-state index is 13.8. The van der Waals surface area contributed by atoms with Crippen LogP contribution in [0.15, 0.2) is 36.4 Å². The molecule has 7 heteroatoms. The zero-order chi connectivity index (χ0) is 18.8. The molecule has 2 aromatic carbocycles. The normalized spacial score (nSPS) is 15.1. The Labute approximate surface area is 154 Å². The SMILES string of the molecule is O=C(c1cc(F)ccc1F)C1CCN(C(=O)c2cc(Cl)ccc2O)CC1. The lowest BCUT2D eigenvalue weighted by Gasteiger charge is -2.31. The van der Waals surface area contributed by atoms with Crippen LogP contribution in [0.2, 0.25) is 5.02 Å². The third-order valence-electron chi connectivity index (χ3n) is 4.54. The summed E-state index contributed by atoms with van der Waals surface area (Å²) >= 11 is 5.87. The Morgan fingerprint density at radius 2 is 1.73 bits per heavy atom. The van der Waals surface area contributed by atoms with Crippen molar-refractivity contribution in [1.82, 2.24) is 4.90 Å². The van der Waals surface area contributed by atoms with Crippen LogP contribution >= 0.6 is 11.6 Å². The third kappa shape index (κ3) is 3.70. The molecule has 0 radical (unpaired) electrons. The smallest absolute Gasteiger partial charge is 0.257 e. The van der Waals surface area contributed by atoms with E-state index < -0.39 is 23.3 Å². The van der Waals surface area contributed by atoms with E-state index in [1.807, 2.05) is 0 Å². The summed E-state index contributed by atoms with van der Waals surface area (Å²) in [6.45, 7) is 0.552. The zero-order valence-electron chi connectivity index (χ0n) is 13.7. The number of nitrogens with zero attached hydrogens (tertiary/aromatic N) is 1. The Balaban J connectivity index is 1.69. The highest BCUT2D eigenvalue weighted by molar-refractivity contribution is 6.31. The van der Waals surface area contributed by atoms with Gasteiger partial charge in [0.05, 0.1) is 11.1 Å². The van der Waals surface area contributed by atoms with Crippen LogP contribution in [0.1, 0.15) is 33.6 Å². The minimum Gasteiger partial charge on any atom is -0.507 e. The van der Waals surface area contributed by atoms with Gasteiger partial charge in [0.2, 0.25) is 0 Å². The number of halogens is 3. The fraction of sp³-hybridized carbons (Fsp3) is 0.263. The first-order chi connectivity index (χ1) is 12.4. The van der Waals surface area contributed by atoms with Crippen LogP contribution in [0, 0.1) is 17.6 Å². The molecule has 1 fully saturated rings. The lowest BCUT2D eigenvalue weighted by atomic mass is 9.88. The molecule has 0 atom stereocenters. The first kappa shape index (κ1) is 18.3. The van der Waals surface area contributed by atoms with E-state index in [9.17, 15) is 23.5 Å². The van der Waals surface area contributed by atoms with Crippen LogP contribution in [0.4, 0.5) is 8.78 Å². The van der Waals surface area contributed by atoms with Gasteiger partial charge in [0.1, 0.15) is 17.4 Å². The number of piperidine rings is 1. The molecule has 1 saturated heterocycles. The Morgan fingerprint density at radius 3 is 2.42 bits per heavy atom. The molecule has 0 unspecified atom stereocenters. The summed E-state index contributed by atoms with van der Waals surface area (Å²) in [4.78, 5) is 26.5. The molecule has 4 nitrogen and oxygen atoms in total. The van der Waals surface area contributed by atoms with E-state index >= 15 is 0 Å². The summed E-state index contributed by atoms with van der Waals surface area (Å²) in [5.74, 6) is -2.91. The fourth-order valence-electron chi connectivity index (χ4n) is 3.10. The summed E-state index contributed by atoms with van der Waals surface area (Å²) in [5, 5.41) is 10.2. The largest absolute Gasteiger partial charge is 0.507 e. The van der Waals surface area contributed by atoms with Gasteiger partial charge in [0, 0.05) is 24.0 Å². The van der Waals surface area contributed by atoms with E-state index in [1.54, 1.807) is 0 Å². The van der Waals surface area contributed by atoms with Crippen LogP contribution in [0.25, 0.3) is 0 Å². The highest BCUT2D eigenvalue weighted by Crippen LogP contribution is 2.27. The van der Waals surface area contributed by atoms with Crippen molar-refractivity contribution in [3.05, 3.63) is 64.2 Å². The van der Waals surface area contributed by atoms with Gasteiger partial charge in [0.25, 0.3) is 5.91 Å². The van der Waals surface area contributed by atoms with Gasteiger partial charge in [-0.05, 0) is 49.2 Å². The molecule has 1 N–H and O–H groups in total. The summed E-state index contributed by atoms with van der Waals surface area (Å²) in [7, 11) is 0. The summed E-state index contributed by atoms with van der Waals surface area (Å²) in [5.41, 5.74) is -0.166. The standard InChI is InChI=1S/C19H16ClF2NO3/c20-12-1-4-17(24)15(9-12)19(26)23-7-5-11(6-8-23)18(25)14-10-13(21)2-3-16(14)22/h1-4,9-11,24H,5-8H2. The number of phenolic OH excluding ortho intramolecular Hbond substituents is 1. The average Bonchev–Trinajstić information content (AvgIpc) is 2.64. The molecule has 1 amide bonds. The quantitative estimate of drug-likeness (QED) is 0.818. The van der Waals surface area contributed by atoms with E-state index in [0.29, 0.717) is 17.9 Å². The molecule has 1 aliphatic rings. The van der Waals surface area contributed by atoms with E-state index in [1.165, 1.54) is 23.1 Å². The second-order valence-corrected chi connectivity index (χ2v) is 6.65. The highest BCUT2D eigenvalue weighted by atomic mass is 35.5. The van der Waals surface area contributed by atoms with Gasteiger partial charge in [-0.3, -0.25) is 9.59 Å². The second-order valence-electron chi connectivity index (χ2n) is 6.22. The van der Waals surface area contributed by atoms with Crippen molar-refractivity contribution in [1.29, 1.82) is 0 Å². The molecule has 0 aromatic heterocycles. The lowest BCUT2D eigenvalue weighted by Crippen LogP contribution is -2.40. The van der Waals surface area contributed by atoms with Gasteiger partial charge >= 0.3 is 0 Å². The summed E-state index contributed by atoms with van der Waals surface area (Å²) < 4.78 is 27.1. The molecule has 1 heterocycles. The number of hydrogen-bond donors (Lipinski definition) is 1. The fourth-order valence-corrected chi connectivity index (χ4v) is 3.27. The molecular formula is C19H16ClF2NO3. The van der Waals surface area contributed by atoms with Crippen LogP contribution in [-0.2, 0) is 0 Å². The number of carbonyl (C=O) groups excluding carboxylic acids is 2. The van der Waals surface area contributed by atoms with Gasteiger partial charge < -0.3 is 10.0 Å². The Hall–Kier alpha value is -2.47. The minimum atomic E-state index is -0.751. The Kier molecular flexibility index (Phi) is 5.23. The van der Waals surface area contributed by atoms with E-state index in [4.69, 9.17) is 11.6 Å². The van der Waals surface area contributed by atoms with Crippen LogP contribution in [0.3, 0.4) is 0 Å². The molecule has 0 saturated carbocycles. The van der Waals surface area contributed by atoms with Crippen molar-refractivity contribution in [2.45, 2.75) is 12.8 Å². The topological polar surface area (TPSA) is 57.6 Å². The molecule has 3 rings (SSSR count). The zero-order valence-corrected chi connectivity index (χ0v) is 14.5. The molecule has 0 bridgehead atoms. The highest BCUT2D eigenvalue weighted by Gasteiger charge is 2.30. The molecule has 2 aromatic rings. The van der Waals surface area contributed by atoms with Crippen LogP contribution in [-0.4, -0.2) is 34.8 Å². The van der Waals surface area contributed by atoms with Gasteiger partial charge in [-0.15, -0.1) is 0 Å². The molecule has 26 heavy (non-hydrogen) atoms. The number of hydrogen-bond acceptors (Lipinski definition) is 3. The first-order valence-electron chi connectivity index (χ1n) is 8.14. The maximum Gasteiger partial charge on any atom is 0.257 e. The molecule has 0 aliphatic carbocycles. The second kappa shape index (κ2) is 7.41. The van der Waals surface area contributed by atoms with E-state index in [-0.39, 0.29) is 35.9 Å². The number of aromatic hydroxyl groups is 1. The van der Waals surface area contributed by atoms with Crippen molar-refractivity contribution >= 4 is 23.3 Å².